The van der Waals surface area contributed by atoms with Gasteiger partial charge in [0.05, 0.1) is 11.7 Å². The first-order valence-corrected chi connectivity index (χ1v) is 6.88. The van der Waals surface area contributed by atoms with Crippen molar-refractivity contribution < 1.29 is 4.79 Å². The van der Waals surface area contributed by atoms with Crippen molar-refractivity contribution in [2.75, 3.05) is 0 Å². The molecule has 4 nitrogen and oxygen atoms in total. The third-order valence-electron chi connectivity index (χ3n) is 3.28. The van der Waals surface area contributed by atoms with E-state index in [0.29, 0.717) is 13.0 Å². The third kappa shape index (κ3) is 3.95. The molecule has 106 valence electrons. The van der Waals surface area contributed by atoms with E-state index >= 15 is 0 Å². The van der Waals surface area contributed by atoms with Gasteiger partial charge in [-0.1, -0.05) is 29.8 Å². The second-order valence-corrected chi connectivity index (χ2v) is 5.25. The molecule has 0 fully saturated rings. The first-order chi connectivity index (χ1) is 9.54. The maximum atomic E-state index is 11.9. The van der Waals surface area contributed by atoms with Crippen LogP contribution in [0.5, 0.6) is 0 Å². The lowest BCUT2D eigenvalue weighted by atomic mass is 10.1. The molecule has 0 saturated carbocycles. The number of aryl methyl sites for hydroxylation is 2. The monoisotopic (exact) mass is 271 g/mol. The standard InChI is InChI=1S/C16H21N3O/c1-12-4-6-15(7-5-12)11-17-16(20)10-14(3)19-9-8-13(2)18-19/h4-9,14H,10-11H2,1-3H3,(H,17,20). The molecule has 0 spiro atoms. The van der Waals surface area contributed by atoms with Crippen LogP contribution in [0, 0.1) is 13.8 Å². The Bertz CT molecular complexity index is 572. The first kappa shape index (κ1) is 14.3. The molecule has 4 heteroatoms. The number of aromatic nitrogens is 2. The molecule has 0 aliphatic rings. The van der Waals surface area contributed by atoms with Crippen LogP contribution in [0.25, 0.3) is 0 Å². The summed E-state index contributed by atoms with van der Waals surface area (Å²) in [6.45, 7) is 6.57. The minimum atomic E-state index is 0.0474. The largest absolute Gasteiger partial charge is 0.352 e. The maximum Gasteiger partial charge on any atom is 0.222 e. The van der Waals surface area contributed by atoms with Gasteiger partial charge in [0, 0.05) is 19.2 Å². The summed E-state index contributed by atoms with van der Waals surface area (Å²) < 4.78 is 1.83. The SMILES string of the molecule is Cc1ccc(CNC(=O)CC(C)n2ccc(C)n2)cc1. The molecule has 20 heavy (non-hydrogen) atoms. The summed E-state index contributed by atoms with van der Waals surface area (Å²) in [7, 11) is 0. The number of amides is 1. The minimum absolute atomic E-state index is 0.0474. The fourth-order valence-corrected chi connectivity index (χ4v) is 2.02. The smallest absolute Gasteiger partial charge is 0.222 e. The van der Waals surface area contributed by atoms with E-state index in [1.54, 1.807) is 0 Å². The number of hydrogen-bond acceptors (Lipinski definition) is 2. The Labute approximate surface area is 119 Å². The molecule has 2 rings (SSSR count). The van der Waals surface area contributed by atoms with Crippen LogP contribution in [0.2, 0.25) is 0 Å². The lowest BCUT2D eigenvalue weighted by molar-refractivity contribution is -0.122. The van der Waals surface area contributed by atoms with E-state index in [2.05, 4.69) is 29.5 Å². The van der Waals surface area contributed by atoms with E-state index in [0.717, 1.165) is 11.3 Å². The summed E-state index contributed by atoms with van der Waals surface area (Å²) in [5.74, 6) is 0.0474. The third-order valence-corrected chi connectivity index (χ3v) is 3.28. The highest BCUT2D eigenvalue weighted by molar-refractivity contribution is 5.76. The Balaban J connectivity index is 1.82. The molecule has 1 heterocycles. The molecule has 0 radical (unpaired) electrons. The second kappa shape index (κ2) is 6.37. The van der Waals surface area contributed by atoms with E-state index in [1.807, 2.05) is 42.9 Å². The number of nitrogens with zero attached hydrogens (tertiary/aromatic N) is 2. The zero-order valence-corrected chi connectivity index (χ0v) is 12.3. The van der Waals surface area contributed by atoms with Gasteiger partial charge in [-0.2, -0.15) is 5.10 Å². The lowest BCUT2D eigenvalue weighted by Crippen LogP contribution is -2.25. The van der Waals surface area contributed by atoms with Gasteiger partial charge in [-0.05, 0) is 32.4 Å². The zero-order chi connectivity index (χ0) is 14.5. The molecule has 0 bridgehead atoms. The fourth-order valence-electron chi connectivity index (χ4n) is 2.02. The van der Waals surface area contributed by atoms with E-state index in [1.165, 1.54) is 5.56 Å². The van der Waals surface area contributed by atoms with Gasteiger partial charge in [0.25, 0.3) is 0 Å². The van der Waals surface area contributed by atoms with Crippen molar-refractivity contribution in [3.05, 3.63) is 53.3 Å². The summed E-state index contributed by atoms with van der Waals surface area (Å²) in [5.41, 5.74) is 3.31. The number of rotatable bonds is 5. The van der Waals surface area contributed by atoms with Crippen molar-refractivity contribution in [3.8, 4) is 0 Å². The molecule has 0 aliphatic carbocycles. The van der Waals surface area contributed by atoms with Gasteiger partial charge >= 0.3 is 0 Å². The average Bonchev–Trinajstić information content (AvgIpc) is 2.85. The van der Waals surface area contributed by atoms with Crippen LogP contribution in [0.15, 0.2) is 36.5 Å². The molecule has 0 aliphatic heterocycles. The highest BCUT2D eigenvalue weighted by Gasteiger charge is 2.11. The maximum absolute atomic E-state index is 11.9. The van der Waals surface area contributed by atoms with E-state index < -0.39 is 0 Å². The Morgan fingerprint density at radius 1 is 1.25 bits per heavy atom. The van der Waals surface area contributed by atoms with Crippen molar-refractivity contribution in [3.63, 3.8) is 0 Å². The predicted molar refractivity (Wildman–Crippen MR) is 79.3 cm³/mol. The Morgan fingerprint density at radius 3 is 2.55 bits per heavy atom. The number of hydrogen-bond donors (Lipinski definition) is 1. The van der Waals surface area contributed by atoms with Gasteiger partial charge in [0.15, 0.2) is 0 Å². The van der Waals surface area contributed by atoms with E-state index in [-0.39, 0.29) is 11.9 Å². The van der Waals surface area contributed by atoms with Crippen LogP contribution in [0.4, 0.5) is 0 Å². The molecule has 0 saturated heterocycles. The molecule has 1 N–H and O–H groups in total. The predicted octanol–water partition coefficient (Wildman–Crippen LogP) is 2.77. The van der Waals surface area contributed by atoms with Crippen LogP contribution < -0.4 is 5.32 Å². The molecule has 1 aromatic carbocycles. The first-order valence-electron chi connectivity index (χ1n) is 6.88. The summed E-state index contributed by atoms with van der Waals surface area (Å²) in [4.78, 5) is 11.9. The van der Waals surface area contributed by atoms with Gasteiger partial charge in [0.1, 0.15) is 0 Å². The summed E-state index contributed by atoms with van der Waals surface area (Å²) >= 11 is 0. The lowest BCUT2D eigenvalue weighted by Gasteiger charge is -2.12. The van der Waals surface area contributed by atoms with E-state index in [4.69, 9.17) is 0 Å². The van der Waals surface area contributed by atoms with Crippen molar-refractivity contribution in [2.45, 2.75) is 39.8 Å². The van der Waals surface area contributed by atoms with Crippen molar-refractivity contribution in [2.24, 2.45) is 0 Å². The summed E-state index contributed by atoms with van der Waals surface area (Å²) in [6.07, 6.45) is 2.35. The van der Waals surface area contributed by atoms with Crippen molar-refractivity contribution >= 4 is 5.91 Å². The number of nitrogens with one attached hydrogen (secondary N) is 1. The van der Waals surface area contributed by atoms with Crippen LogP contribution in [0.3, 0.4) is 0 Å². The summed E-state index contributed by atoms with van der Waals surface area (Å²) in [6, 6.07) is 10.2. The number of carbonyl (C=O) groups is 1. The molecular formula is C16H21N3O. The van der Waals surface area contributed by atoms with Crippen LogP contribution >= 0.6 is 0 Å². The van der Waals surface area contributed by atoms with Crippen LogP contribution in [-0.4, -0.2) is 15.7 Å². The summed E-state index contributed by atoms with van der Waals surface area (Å²) in [5, 5.41) is 7.27. The second-order valence-electron chi connectivity index (χ2n) is 5.25. The van der Waals surface area contributed by atoms with Crippen molar-refractivity contribution in [1.82, 2.24) is 15.1 Å². The van der Waals surface area contributed by atoms with Gasteiger partial charge in [0.2, 0.25) is 5.91 Å². The van der Waals surface area contributed by atoms with Crippen LogP contribution in [0.1, 0.15) is 36.2 Å². The molecule has 1 atom stereocenters. The molecule has 1 amide bonds. The van der Waals surface area contributed by atoms with Crippen LogP contribution in [-0.2, 0) is 11.3 Å². The van der Waals surface area contributed by atoms with Gasteiger partial charge in [-0.3, -0.25) is 9.48 Å². The topological polar surface area (TPSA) is 46.9 Å². The molecule has 1 aromatic heterocycles. The minimum Gasteiger partial charge on any atom is -0.352 e. The van der Waals surface area contributed by atoms with Crippen molar-refractivity contribution in [1.29, 1.82) is 0 Å². The molecule has 1 unspecified atom stereocenters. The highest BCUT2D eigenvalue weighted by atomic mass is 16.1. The average molecular weight is 271 g/mol. The Morgan fingerprint density at radius 2 is 1.95 bits per heavy atom. The molecule has 2 aromatic rings. The fraction of sp³-hybridized carbons (Fsp3) is 0.375. The Hall–Kier alpha value is -2.10. The number of benzene rings is 1. The highest BCUT2D eigenvalue weighted by Crippen LogP contribution is 2.10. The van der Waals surface area contributed by atoms with E-state index in [9.17, 15) is 4.79 Å². The molecular weight excluding hydrogens is 250 g/mol. The Kier molecular flexibility index (Phi) is 4.56. The van der Waals surface area contributed by atoms with Gasteiger partial charge in [-0.15, -0.1) is 0 Å². The zero-order valence-electron chi connectivity index (χ0n) is 12.3. The quantitative estimate of drug-likeness (QED) is 0.909. The van der Waals surface area contributed by atoms with Gasteiger partial charge < -0.3 is 5.32 Å². The normalized spacial score (nSPS) is 12.2. The van der Waals surface area contributed by atoms with Gasteiger partial charge in [-0.25, -0.2) is 0 Å². The number of carbonyl (C=O) groups excluding carboxylic acids is 1.